The summed E-state index contributed by atoms with van der Waals surface area (Å²) in [6, 6.07) is 23.0. The van der Waals surface area contributed by atoms with Crippen LogP contribution in [0.25, 0.3) is 39.1 Å². The summed E-state index contributed by atoms with van der Waals surface area (Å²) >= 11 is 0. The molecule has 43 heavy (non-hydrogen) atoms. The van der Waals surface area contributed by atoms with Gasteiger partial charge in [0.2, 0.25) is 5.91 Å². The van der Waals surface area contributed by atoms with Gasteiger partial charge in [0.25, 0.3) is 0 Å². The molecule has 0 N–H and O–H groups in total. The van der Waals surface area contributed by atoms with Gasteiger partial charge in [-0.1, -0.05) is 54.6 Å². The molecule has 220 valence electrons. The first-order valence-electron chi connectivity index (χ1n) is 14.9. The molecular weight excluding hydrogens is 560 g/mol. The summed E-state index contributed by atoms with van der Waals surface area (Å²) in [5.74, 6) is 0.267. The van der Waals surface area contributed by atoms with Crippen LogP contribution in [0.3, 0.4) is 0 Å². The maximum atomic E-state index is 13.0. The molecule has 0 radical (unpaired) electrons. The van der Waals surface area contributed by atoms with Crippen LogP contribution in [-0.4, -0.2) is 81.4 Å². The number of aryl methyl sites for hydroxylation is 1. The van der Waals surface area contributed by atoms with Crippen LogP contribution in [0.2, 0.25) is 0 Å². The molecule has 2 saturated heterocycles. The number of carbonyl (C=O) groups is 1. The molecule has 0 saturated carbocycles. The van der Waals surface area contributed by atoms with E-state index in [0.717, 1.165) is 77.2 Å². The Morgan fingerprint density at radius 3 is 2.35 bits per heavy atom. The lowest BCUT2D eigenvalue weighted by molar-refractivity contribution is -0.136. The molecule has 5 heterocycles. The number of likely N-dealkylation sites (tertiary alicyclic amines) is 1. The summed E-state index contributed by atoms with van der Waals surface area (Å²) in [4.78, 5) is 26.9. The third-order valence-corrected chi connectivity index (χ3v) is 10.3. The Bertz CT molecular complexity index is 1900. The predicted octanol–water partition coefficient (Wildman–Crippen LogP) is 4.39. The number of rotatable bonds is 5. The SMILES string of the molecule is Cc1cc2ncc3cc(-c4ccccc4)c(-c4ccc(CN5CCC(C(=O)N6CCS(=O)(=O)CC6)CC5)cc4)nc3n2n1. The minimum atomic E-state index is -2.99. The largest absolute Gasteiger partial charge is 0.340 e. The van der Waals surface area contributed by atoms with Crippen LogP contribution < -0.4 is 0 Å². The summed E-state index contributed by atoms with van der Waals surface area (Å²) in [5.41, 5.74) is 7.74. The second-order valence-electron chi connectivity index (χ2n) is 11.7. The van der Waals surface area contributed by atoms with Crippen molar-refractivity contribution < 1.29 is 13.2 Å². The first-order valence-corrected chi connectivity index (χ1v) is 16.7. The molecule has 5 aromatic rings. The summed E-state index contributed by atoms with van der Waals surface area (Å²) < 4.78 is 25.3. The molecule has 2 aliphatic rings. The van der Waals surface area contributed by atoms with Crippen LogP contribution >= 0.6 is 0 Å². The fourth-order valence-electron chi connectivity index (χ4n) is 6.27. The van der Waals surface area contributed by atoms with Crippen molar-refractivity contribution in [3.63, 3.8) is 0 Å². The van der Waals surface area contributed by atoms with Gasteiger partial charge in [-0.15, -0.1) is 0 Å². The number of hydrogen-bond acceptors (Lipinski definition) is 7. The molecule has 0 spiro atoms. The van der Waals surface area contributed by atoms with Gasteiger partial charge in [0.1, 0.15) is 0 Å². The quantitative estimate of drug-likeness (QED) is 0.298. The third-order valence-electron chi connectivity index (χ3n) is 8.69. The van der Waals surface area contributed by atoms with Gasteiger partial charge in [0.15, 0.2) is 21.1 Å². The predicted molar refractivity (Wildman–Crippen MR) is 167 cm³/mol. The highest BCUT2D eigenvalue weighted by Crippen LogP contribution is 2.34. The highest BCUT2D eigenvalue weighted by Gasteiger charge is 2.32. The van der Waals surface area contributed by atoms with Crippen molar-refractivity contribution in [2.24, 2.45) is 5.92 Å². The summed E-state index contributed by atoms with van der Waals surface area (Å²) in [5, 5.41) is 5.58. The Morgan fingerprint density at radius 2 is 1.63 bits per heavy atom. The molecular formula is C33H34N6O3S. The number of hydrogen-bond donors (Lipinski definition) is 0. The number of piperidine rings is 1. The van der Waals surface area contributed by atoms with Crippen LogP contribution in [0.1, 0.15) is 24.1 Å². The van der Waals surface area contributed by atoms with E-state index < -0.39 is 9.84 Å². The lowest BCUT2D eigenvalue weighted by atomic mass is 9.94. The first-order chi connectivity index (χ1) is 20.8. The van der Waals surface area contributed by atoms with Crippen LogP contribution in [0.4, 0.5) is 0 Å². The van der Waals surface area contributed by atoms with E-state index in [-0.39, 0.29) is 23.3 Å². The van der Waals surface area contributed by atoms with E-state index >= 15 is 0 Å². The van der Waals surface area contributed by atoms with E-state index in [4.69, 9.17) is 4.98 Å². The molecule has 0 unspecified atom stereocenters. The fourth-order valence-corrected chi connectivity index (χ4v) is 7.47. The van der Waals surface area contributed by atoms with E-state index in [9.17, 15) is 13.2 Å². The maximum absolute atomic E-state index is 13.0. The van der Waals surface area contributed by atoms with E-state index in [0.29, 0.717) is 13.1 Å². The lowest BCUT2D eigenvalue weighted by Gasteiger charge is -2.35. The molecule has 1 amide bonds. The number of fused-ring (bicyclic) bond motifs is 3. The monoisotopic (exact) mass is 594 g/mol. The van der Waals surface area contributed by atoms with Crippen molar-refractivity contribution in [3.05, 3.63) is 84.2 Å². The zero-order chi connectivity index (χ0) is 29.6. The number of aromatic nitrogens is 4. The Hall–Kier alpha value is -4.15. The van der Waals surface area contributed by atoms with E-state index in [2.05, 4.69) is 57.4 Å². The summed E-state index contributed by atoms with van der Waals surface area (Å²) in [6.45, 7) is 5.13. The summed E-state index contributed by atoms with van der Waals surface area (Å²) in [6.07, 6.45) is 3.47. The highest BCUT2D eigenvalue weighted by atomic mass is 32.2. The zero-order valence-electron chi connectivity index (χ0n) is 24.2. The molecule has 0 atom stereocenters. The second kappa shape index (κ2) is 11.2. The maximum Gasteiger partial charge on any atom is 0.225 e. The van der Waals surface area contributed by atoms with E-state index in [1.165, 1.54) is 5.56 Å². The average molecular weight is 595 g/mol. The number of sulfone groups is 1. The van der Waals surface area contributed by atoms with Crippen molar-refractivity contribution >= 4 is 32.4 Å². The minimum Gasteiger partial charge on any atom is -0.340 e. The standard InChI is InChI=1S/C33H34N6O3S/c1-23-19-30-34-21-28-20-29(25-5-3-2-4-6-25)31(35-32(28)39(30)36-23)26-9-7-24(8-10-26)22-37-13-11-27(12-14-37)33(40)38-15-17-43(41,42)18-16-38/h2-10,19-21,27H,11-18,22H2,1H3. The van der Waals surface area contributed by atoms with Crippen molar-refractivity contribution in [1.29, 1.82) is 0 Å². The van der Waals surface area contributed by atoms with Gasteiger partial charge in [-0.2, -0.15) is 9.61 Å². The van der Waals surface area contributed by atoms with Crippen molar-refractivity contribution in [3.8, 4) is 22.4 Å². The number of carbonyl (C=O) groups excluding carboxylic acids is 1. The van der Waals surface area contributed by atoms with Gasteiger partial charge in [-0.25, -0.2) is 18.4 Å². The Morgan fingerprint density at radius 1 is 0.907 bits per heavy atom. The smallest absolute Gasteiger partial charge is 0.225 e. The molecule has 0 bridgehead atoms. The van der Waals surface area contributed by atoms with Gasteiger partial charge in [0.05, 0.1) is 22.9 Å². The molecule has 7 rings (SSSR count). The van der Waals surface area contributed by atoms with Crippen LogP contribution in [-0.2, 0) is 21.2 Å². The number of amides is 1. The van der Waals surface area contributed by atoms with Gasteiger partial charge in [0, 0.05) is 54.3 Å². The van der Waals surface area contributed by atoms with Gasteiger partial charge in [-0.3, -0.25) is 9.69 Å². The molecule has 10 heteroatoms. The normalized spacial score (nSPS) is 17.9. The van der Waals surface area contributed by atoms with Crippen molar-refractivity contribution in [1.82, 2.24) is 29.4 Å². The molecule has 3 aromatic heterocycles. The Labute approximate surface area is 251 Å². The van der Waals surface area contributed by atoms with E-state index in [1.807, 2.05) is 41.9 Å². The average Bonchev–Trinajstić information content (AvgIpc) is 3.42. The number of nitrogens with zero attached hydrogens (tertiary/aromatic N) is 6. The number of pyridine rings is 1. The van der Waals surface area contributed by atoms with Gasteiger partial charge >= 0.3 is 0 Å². The van der Waals surface area contributed by atoms with Gasteiger partial charge in [-0.05, 0) is 50.0 Å². The topological polar surface area (TPSA) is 101 Å². The lowest BCUT2D eigenvalue weighted by Crippen LogP contribution is -2.48. The van der Waals surface area contributed by atoms with Crippen LogP contribution in [0.5, 0.6) is 0 Å². The number of benzene rings is 2. The molecule has 2 aliphatic heterocycles. The van der Waals surface area contributed by atoms with Crippen LogP contribution in [0.15, 0.2) is 72.9 Å². The van der Waals surface area contributed by atoms with Gasteiger partial charge < -0.3 is 4.90 Å². The first kappa shape index (κ1) is 27.7. The minimum absolute atomic E-state index is 0.0185. The Balaban J connectivity index is 1.09. The van der Waals surface area contributed by atoms with Crippen molar-refractivity contribution in [2.45, 2.75) is 26.3 Å². The molecule has 0 aliphatic carbocycles. The fraction of sp³-hybridized carbons (Fsp3) is 0.333. The van der Waals surface area contributed by atoms with Crippen LogP contribution in [0, 0.1) is 12.8 Å². The zero-order valence-corrected chi connectivity index (χ0v) is 25.0. The third kappa shape index (κ3) is 5.64. The van der Waals surface area contributed by atoms with Crippen molar-refractivity contribution in [2.75, 3.05) is 37.7 Å². The van der Waals surface area contributed by atoms with E-state index in [1.54, 1.807) is 4.90 Å². The second-order valence-corrected chi connectivity index (χ2v) is 14.0. The molecule has 2 fully saturated rings. The molecule has 2 aromatic carbocycles. The highest BCUT2D eigenvalue weighted by molar-refractivity contribution is 7.91. The molecule has 9 nitrogen and oxygen atoms in total. The summed E-state index contributed by atoms with van der Waals surface area (Å²) in [7, 11) is -2.99. The Kier molecular flexibility index (Phi) is 7.18.